The highest BCUT2D eigenvalue weighted by Crippen LogP contribution is 2.51. The zero-order valence-corrected chi connectivity index (χ0v) is 22.0. The summed E-state index contributed by atoms with van der Waals surface area (Å²) in [7, 11) is 0. The maximum absolute atomic E-state index is 6.75. The first-order chi connectivity index (χ1) is 19.9. The van der Waals surface area contributed by atoms with E-state index in [2.05, 4.69) is 149 Å². The molecule has 4 unspecified atom stereocenters. The predicted octanol–water partition coefficient (Wildman–Crippen LogP) is 7.73. The van der Waals surface area contributed by atoms with Gasteiger partial charge in [-0.15, -0.1) is 0 Å². The Bertz CT molecular complexity index is 1830. The van der Waals surface area contributed by atoms with Crippen molar-refractivity contribution in [3.63, 3.8) is 0 Å². The lowest BCUT2D eigenvalue weighted by atomic mass is 9.26. The molecule has 4 aromatic carbocycles. The minimum Gasteiger partial charge on any atom is -0.367 e. The Kier molecular flexibility index (Phi) is 4.73. The van der Waals surface area contributed by atoms with E-state index >= 15 is 0 Å². The SMILES string of the molecule is C1=CC2OC3C=Cc4c5n(c6ccc(N(c7ccccc7)c7ccccc7)cc46)-c4ccccc4B(C2C=C1)C53. The smallest absolute Gasteiger partial charge is 0.201 e. The van der Waals surface area contributed by atoms with Crippen molar-refractivity contribution in [2.45, 2.75) is 23.8 Å². The standard InChI is InChI=1S/C36H27BN2O/c1-3-11-24(12-4-1)38(25-13-5-2-6-14-25)26-19-21-31-28(23-26)27-20-22-34-35-36(27)39(31)32-17-9-7-15-29(32)37(35)30-16-8-10-18-33(30)40-34/h1-23,30,33-35H. The number of aromatic nitrogens is 1. The molecule has 0 N–H and O–H groups in total. The molecule has 9 rings (SSSR count). The number of anilines is 3. The number of rotatable bonds is 3. The number of benzene rings is 4. The van der Waals surface area contributed by atoms with Crippen LogP contribution in [0.5, 0.6) is 0 Å². The number of fused-ring (bicyclic) bond motifs is 8. The summed E-state index contributed by atoms with van der Waals surface area (Å²) in [5.41, 5.74) is 10.2. The summed E-state index contributed by atoms with van der Waals surface area (Å²) in [4.78, 5) is 2.35. The van der Waals surface area contributed by atoms with Crippen LogP contribution in [0, 0.1) is 0 Å². The first-order valence-corrected chi connectivity index (χ1v) is 14.2. The van der Waals surface area contributed by atoms with E-state index in [9.17, 15) is 0 Å². The van der Waals surface area contributed by atoms with Gasteiger partial charge in [-0.1, -0.05) is 96.5 Å². The summed E-state index contributed by atoms with van der Waals surface area (Å²) in [5.74, 6) is 0.614. The molecule has 1 aromatic heterocycles. The van der Waals surface area contributed by atoms with Gasteiger partial charge in [0.05, 0.1) is 17.7 Å². The normalized spacial score (nSPS) is 23.1. The zero-order chi connectivity index (χ0) is 26.2. The van der Waals surface area contributed by atoms with Crippen LogP contribution in [0.4, 0.5) is 17.1 Å². The third-order valence-corrected chi connectivity index (χ3v) is 9.21. The van der Waals surface area contributed by atoms with Gasteiger partial charge in [-0.05, 0) is 54.3 Å². The van der Waals surface area contributed by atoms with Gasteiger partial charge in [-0.3, -0.25) is 0 Å². The lowest BCUT2D eigenvalue weighted by molar-refractivity contribution is 0.0241. The van der Waals surface area contributed by atoms with Crippen LogP contribution in [0.15, 0.2) is 134 Å². The molecule has 3 nitrogen and oxygen atoms in total. The van der Waals surface area contributed by atoms with Crippen LogP contribution in [-0.4, -0.2) is 23.5 Å². The molecule has 2 aliphatic heterocycles. The Morgan fingerprint density at radius 3 is 2.20 bits per heavy atom. The summed E-state index contributed by atoms with van der Waals surface area (Å²) < 4.78 is 9.28. The van der Waals surface area contributed by atoms with E-state index in [1.165, 1.54) is 33.3 Å². The molecule has 0 amide bonds. The van der Waals surface area contributed by atoms with E-state index in [0.717, 1.165) is 17.1 Å². The molecule has 4 atom stereocenters. The van der Waals surface area contributed by atoms with Gasteiger partial charge in [0, 0.05) is 45.2 Å². The Hall–Kier alpha value is -4.54. The Morgan fingerprint density at radius 2 is 1.40 bits per heavy atom. The number of para-hydroxylation sites is 3. The number of nitrogens with zero attached hydrogens (tertiary/aromatic N) is 2. The van der Waals surface area contributed by atoms with Gasteiger partial charge >= 0.3 is 0 Å². The van der Waals surface area contributed by atoms with Gasteiger partial charge in [-0.2, -0.15) is 0 Å². The first kappa shape index (κ1) is 22.3. The lowest BCUT2D eigenvalue weighted by Gasteiger charge is -2.48. The van der Waals surface area contributed by atoms with Gasteiger partial charge in [0.2, 0.25) is 6.71 Å². The number of hydrogen-bond acceptors (Lipinski definition) is 2. The first-order valence-electron chi connectivity index (χ1n) is 14.2. The summed E-state index contributed by atoms with van der Waals surface area (Å²) in [6.07, 6.45) is 13.8. The second-order valence-corrected chi connectivity index (χ2v) is 11.2. The van der Waals surface area contributed by atoms with Gasteiger partial charge in [-0.25, -0.2) is 0 Å². The van der Waals surface area contributed by atoms with Gasteiger partial charge in [0.25, 0.3) is 0 Å². The van der Waals surface area contributed by atoms with Crippen molar-refractivity contribution in [1.82, 2.24) is 4.57 Å². The Labute approximate surface area is 234 Å². The van der Waals surface area contributed by atoms with Crippen LogP contribution in [-0.2, 0) is 4.74 Å². The van der Waals surface area contributed by atoms with Gasteiger partial charge in [0.1, 0.15) is 0 Å². The maximum Gasteiger partial charge on any atom is 0.201 e. The predicted molar refractivity (Wildman–Crippen MR) is 166 cm³/mol. The molecule has 0 saturated carbocycles. The van der Waals surface area contributed by atoms with E-state index in [1.54, 1.807) is 0 Å². The van der Waals surface area contributed by atoms with E-state index < -0.39 is 0 Å². The molecule has 0 spiro atoms. The van der Waals surface area contributed by atoms with Crippen molar-refractivity contribution in [3.05, 3.63) is 145 Å². The van der Waals surface area contributed by atoms with Crippen LogP contribution < -0.4 is 10.4 Å². The molecule has 1 fully saturated rings. The topological polar surface area (TPSA) is 17.4 Å². The molecule has 3 heterocycles. The fraction of sp³-hybridized carbons (Fsp3) is 0.111. The van der Waals surface area contributed by atoms with Crippen LogP contribution in [0.2, 0.25) is 5.82 Å². The highest BCUT2D eigenvalue weighted by molar-refractivity contribution is 6.78. The highest BCUT2D eigenvalue weighted by atomic mass is 16.5. The van der Waals surface area contributed by atoms with Crippen molar-refractivity contribution >= 4 is 46.2 Å². The zero-order valence-electron chi connectivity index (χ0n) is 22.0. The van der Waals surface area contributed by atoms with E-state index in [1.807, 2.05) is 0 Å². The second-order valence-electron chi connectivity index (χ2n) is 11.2. The minimum atomic E-state index is 0.0657. The van der Waals surface area contributed by atoms with Crippen LogP contribution in [0.3, 0.4) is 0 Å². The van der Waals surface area contributed by atoms with Crippen molar-refractivity contribution in [3.8, 4) is 5.69 Å². The fourth-order valence-electron chi connectivity index (χ4n) is 7.66. The second kappa shape index (κ2) is 8.48. The van der Waals surface area contributed by atoms with Crippen LogP contribution in [0.25, 0.3) is 22.7 Å². The molecule has 5 aromatic rings. The Morgan fingerprint density at radius 1 is 0.675 bits per heavy atom. The number of ether oxygens (including phenoxy) is 1. The quantitative estimate of drug-likeness (QED) is 0.229. The van der Waals surface area contributed by atoms with Gasteiger partial charge < -0.3 is 14.2 Å². The monoisotopic (exact) mass is 514 g/mol. The third kappa shape index (κ3) is 3.05. The average molecular weight is 514 g/mol. The maximum atomic E-state index is 6.75. The molecule has 4 heteroatoms. The summed E-state index contributed by atoms with van der Waals surface area (Å²) in [6, 6.07) is 37.3. The summed E-state index contributed by atoms with van der Waals surface area (Å²) in [5, 5.41) is 1.29. The van der Waals surface area contributed by atoms with Crippen molar-refractivity contribution in [2.75, 3.05) is 4.90 Å². The minimum absolute atomic E-state index is 0.0657. The van der Waals surface area contributed by atoms with Crippen molar-refractivity contribution in [1.29, 1.82) is 0 Å². The van der Waals surface area contributed by atoms with E-state index in [0.29, 0.717) is 12.5 Å². The van der Waals surface area contributed by atoms with E-state index in [-0.39, 0.29) is 18.0 Å². The molecule has 0 bridgehead atoms. The molecular weight excluding hydrogens is 487 g/mol. The molecule has 190 valence electrons. The number of allylic oxidation sites excluding steroid dienone is 2. The van der Waals surface area contributed by atoms with Crippen LogP contribution in [0.1, 0.15) is 17.1 Å². The van der Waals surface area contributed by atoms with Crippen molar-refractivity contribution < 1.29 is 4.74 Å². The fourth-order valence-corrected chi connectivity index (χ4v) is 7.66. The van der Waals surface area contributed by atoms with Crippen molar-refractivity contribution in [2.24, 2.45) is 0 Å². The number of hydrogen-bond donors (Lipinski definition) is 0. The van der Waals surface area contributed by atoms with Crippen LogP contribution >= 0.6 is 0 Å². The third-order valence-electron chi connectivity index (χ3n) is 9.21. The summed E-state index contributed by atoms with van der Waals surface area (Å²) in [6.45, 7) is 0.381. The lowest BCUT2D eigenvalue weighted by Crippen LogP contribution is -2.58. The molecule has 2 aliphatic carbocycles. The summed E-state index contributed by atoms with van der Waals surface area (Å²) >= 11 is 0. The molecule has 1 saturated heterocycles. The molecule has 0 radical (unpaired) electrons. The highest BCUT2D eigenvalue weighted by Gasteiger charge is 2.53. The largest absolute Gasteiger partial charge is 0.367 e. The molecular formula is C36H27BN2O. The average Bonchev–Trinajstić information content (AvgIpc) is 3.36. The Balaban J connectivity index is 1.29. The molecule has 4 aliphatic rings. The van der Waals surface area contributed by atoms with Gasteiger partial charge in [0.15, 0.2) is 0 Å². The molecule has 40 heavy (non-hydrogen) atoms. The van der Waals surface area contributed by atoms with E-state index in [4.69, 9.17) is 4.74 Å².